The number of benzene rings is 1. The Hall–Kier alpha value is -4.11. The number of halogens is 2. The number of hydrogen-bond acceptors (Lipinski definition) is 10. The molecule has 0 unspecified atom stereocenters. The zero-order valence-electron chi connectivity index (χ0n) is 26.3. The molecule has 2 aliphatic rings. The van der Waals surface area contributed by atoms with Gasteiger partial charge in [-0.25, -0.2) is 18.6 Å². The number of nitrogens with one attached hydrogen (secondary N) is 3. The Morgan fingerprint density at radius 3 is 2.43 bits per heavy atom. The number of amides is 2. The largest absolute Gasteiger partial charge is 0.444 e. The third kappa shape index (κ3) is 8.37. The highest BCUT2D eigenvalue weighted by Gasteiger charge is 2.29. The molecule has 1 aliphatic carbocycles. The van der Waals surface area contributed by atoms with Gasteiger partial charge in [0.15, 0.2) is 5.82 Å². The number of imidazole rings is 1. The third-order valence-electron chi connectivity index (χ3n) is 7.86. The van der Waals surface area contributed by atoms with Crippen LogP contribution in [0.4, 0.5) is 25.3 Å². The number of morpholine rings is 1. The molecule has 0 radical (unpaired) electrons. The number of ether oxygens (including phenoxy) is 2. The number of aromatic nitrogens is 4. The molecule has 13 nitrogen and oxygen atoms in total. The molecule has 0 bridgehead atoms. The van der Waals surface area contributed by atoms with E-state index in [1.54, 1.807) is 51.1 Å². The van der Waals surface area contributed by atoms with Gasteiger partial charge in [0.1, 0.15) is 23.3 Å². The highest BCUT2D eigenvalue weighted by atomic mass is 19.3. The van der Waals surface area contributed by atoms with Gasteiger partial charge in [-0.05, 0) is 65.0 Å². The average Bonchev–Trinajstić information content (AvgIpc) is 3.41. The number of alkyl carbamates (subject to hydrolysis) is 1. The van der Waals surface area contributed by atoms with E-state index in [4.69, 9.17) is 19.4 Å². The summed E-state index contributed by atoms with van der Waals surface area (Å²) in [5.41, 5.74) is 0.245. The van der Waals surface area contributed by atoms with Crippen LogP contribution in [0.15, 0.2) is 30.3 Å². The van der Waals surface area contributed by atoms with Crippen molar-refractivity contribution in [2.75, 3.05) is 43.1 Å². The maximum atomic E-state index is 14.2. The van der Waals surface area contributed by atoms with E-state index in [0.717, 1.165) is 0 Å². The summed E-state index contributed by atoms with van der Waals surface area (Å²) in [4.78, 5) is 40.8. The first-order chi connectivity index (χ1) is 22.0. The first kappa shape index (κ1) is 33.3. The van der Waals surface area contributed by atoms with Crippen molar-refractivity contribution in [3.8, 4) is 5.82 Å². The van der Waals surface area contributed by atoms with Gasteiger partial charge in [0.2, 0.25) is 11.9 Å². The molecule has 3 aromatic rings. The fourth-order valence-electron chi connectivity index (χ4n) is 5.69. The average molecular weight is 645 g/mol. The van der Waals surface area contributed by atoms with E-state index in [9.17, 15) is 23.5 Å². The van der Waals surface area contributed by atoms with Crippen LogP contribution in [0.3, 0.4) is 0 Å². The number of anilines is 2. The molecule has 2 aromatic heterocycles. The number of carbonyl (C=O) groups is 2. The number of aliphatic hydroxyl groups is 1. The van der Waals surface area contributed by atoms with E-state index in [2.05, 4.69) is 20.9 Å². The lowest BCUT2D eigenvalue weighted by Crippen LogP contribution is -2.51. The van der Waals surface area contributed by atoms with Gasteiger partial charge in [-0.2, -0.15) is 9.97 Å². The molecular weight excluding hydrogens is 602 g/mol. The second kappa shape index (κ2) is 14.5. The van der Waals surface area contributed by atoms with Gasteiger partial charge in [-0.3, -0.25) is 9.36 Å². The van der Waals surface area contributed by atoms with Gasteiger partial charge >= 0.3 is 6.09 Å². The molecule has 2 fully saturated rings. The molecule has 1 saturated carbocycles. The highest BCUT2D eigenvalue weighted by molar-refractivity contribution is 5.86. The molecule has 3 heterocycles. The number of carbonyl (C=O) groups excluding carboxylic acids is 2. The van der Waals surface area contributed by atoms with Crippen molar-refractivity contribution < 1.29 is 33.0 Å². The molecule has 1 atom stereocenters. The minimum Gasteiger partial charge on any atom is -0.444 e. The minimum absolute atomic E-state index is 0.00988. The van der Waals surface area contributed by atoms with E-state index >= 15 is 0 Å². The van der Waals surface area contributed by atoms with Gasteiger partial charge in [0.25, 0.3) is 6.43 Å². The maximum absolute atomic E-state index is 14.2. The van der Waals surface area contributed by atoms with Crippen LogP contribution in [0, 0.1) is 0 Å². The summed E-state index contributed by atoms with van der Waals surface area (Å²) >= 11 is 0. The summed E-state index contributed by atoms with van der Waals surface area (Å²) < 4.78 is 40.5. The summed E-state index contributed by atoms with van der Waals surface area (Å²) in [7, 11) is 0. The summed E-state index contributed by atoms with van der Waals surface area (Å²) in [5, 5.41) is 18.5. The van der Waals surface area contributed by atoms with Gasteiger partial charge in [0.05, 0.1) is 24.2 Å². The number of hydrogen-bond donors (Lipinski definition) is 4. The third-order valence-corrected chi connectivity index (χ3v) is 7.86. The highest BCUT2D eigenvalue weighted by Crippen LogP contribution is 2.30. The number of aliphatic hydroxyl groups excluding tert-OH is 1. The minimum atomic E-state index is -2.81. The molecule has 2 amide bonds. The van der Waals surface area contributed by atoms with Crippen LogP contribution in [0.2, 0.25) is 0 Å². The first-order valence-electron chi connectivity index (χ1n) is 15.7. The van der Waals surface area contributed by atoms with E-state index in [1.807, 2.05) is 4.90 Å². The van der Waals surface area contributed by atoms with Crippen LogP contribution >= 0.6 is 0 Å². The first-order valence-corrected chi connectivity index (χ1v) is 15.7. The Labute approximate surface area is 266 Å². The van der Waals surface area contributed by atoms with Gasteiger partial charge in [-0.15, -0.1) is 0 Å². The van der Waals surface area contributed by atoms with Crippen LogP contribution in [0.5, 0.6) is 0 Å². The number of alkyl halides is 2. The van der Waals surface area contributed by atoms with E-state index in [0.29, 0.717) is 74.8 Å². The topological polar surface area (TPSA) is 156 Å². The lowest BCUT2D eigenvalue weighted by atomic mass is 9.91. The van der Waals surface area contributed by atoms with Crippen LogP contribution in [-0.4, -0.2) is 93.3 Å². The van der Waals surface area contributed by atoms with E-state index in [-0.39, 0.29) is 36.8 Å². The van der Waals surface area contributed by atoms with Crippen molar-refractivity contribution in [3.63, 3.8) is 0 Å². The van der Waals surface area contributed by atoms with E-state index < -0.39 is 30.0 Å². The second-order valence-corrected chi connectivity index (χ2v) is 12.5. The fraction of sp³-hybridized carbons (Fsp3) is 0.581. The number of rotatable bonds is 10. The summed E-state index contributed by atoms with van der Waals surface area (Å²) in [6.45, 7) is 7.07. The quantitative estimate of drug-likeness (QED) is 0.257. The Morgan fingerprint density at radius 2 is 1.76 bits per heavy atom. The number of nitrogens with zero attached hydrogens (tertiary/aromatic N) is 5. The molecule has 15 heteroatoms. The van der Waals surface area contributed by atoms with Gasteiger partial charge in [0, 0.05) is 37.8 Å². The summed E-state index contributed by atoms with van der Waals surface area (Å²) in [5.74, 6) is 0.428. The molecule has 0 spiro atoms. The normalized spacial score (nSPS) is 19.6. The summed E-state index contributed by atoms with van der Waals surface area (Å²) in [6, 6.07) is 7.59. The van der Waals surface area contributed by atoms with Crippen LogP contribution < -0.4 is 20.9 Å². The fourth-order valence-corrected chi connectivity index (χ4v) is 5.69. The molecule has 46 heavy (non-hydrogen) atoms. The standard InChI is InChI=1S/C31H42F2N8O5/c1-31(2,3)46-30(44)37-22(12-15-42)28(43)35-20-10-8-19(9-11-20)34-24-18-25(39-29(38-24)40-13-16-45-17-14-40)41-23-7-5-4-6-21(23)36-27(41)26(32)33/h4-7,18-20,22,26,42H,8-17H2,1-3H3,(H,35,43)(H,37,44)(H,34,38,39)/t19?,20?,22-/m1/s1. The molecule has 4 N–H and O–H groups in total. The molecular formula is C31H42F2N8O5. The van der Waals surface area contributed by atoms with Crippen LogP contribution in [0.1, 0.15) is 65.1 Å². The van der Waals surface area contributed by atoms with Crippen LogP contribution in [-0.2, 0) is 14.3 Å². The molecule has 5 rings (SSSR count). The SMILES string of the molecule is CC(C)(C)OC(=O)N[C@H](CCO)C(=O)NC1CCC(Nc2cc(-n3c(C(F)F)nc4ccccc43)nc(N3CCOCC3)n2)CC1. The Bertz CT molecular complexity index is 1500. The Balaban J connectivity index is 1.29. The zero-order valence-corrected chi connectivity index (χ0v) is 26.3. The molecule has 1 aromatic carbocycles. The van der Waals surface area contributed by atoms with Crippen molar-refractivity contribution in [1.82, 2.24) is 30.2 Å². The molecule has 250 valence electrons. The lowest BCUT2D eigenvalue weighted by Gasteiger charge is -2.32. The van der Waals surface area contributed by atoms with Crippen molar-refractivity contribution in [2.45, 2.75) is 83.0 Å². The monoisotopic (exact) mass is 644 g/mol. The maximum Gasteiger partial charge on any atom is 0.408 e. The van der Waals surface area contributed by atoms with Crippen molar-refractivity contribution in [3.05, 3.63) is 36.2 Å². The van der Waals surface area contributed by atoms with Gasteiger partial charge < -0.3 is 35.4 Å². The molecule has 1 aliphatic heterocycles. The number of para-hydroxylation sites is 2. The number of fused-ring (bicyclic) bond motifs is 1. The second-order valence-electron chi connectivity index (χ2n) is 12.5. The molecule has 1 saturated heterocycles. The summed E-state index contributed by atoms with van der Waals surface area (Å²) in [6.07, 6.45) is -0.737. The smallest absolute Gasteiger partial charge is 0.408 e. The van der Waals surface area contributed by atoms with Crippen molar-refractivity contribution >= 4 is 34.8 Å². The van der Waals surface area contributed by atoms with Crippen LogP contribution in [0.25, 0.3) is 16.9 Å². The van der Waals surface area contributed by atoms with Crippen molar-refractivity contribution in [1.29, 1.82) is 0 Å². The van der Waals surface area contributed by atoms with Gasteiger partial charge in [-0.1, -0.05) is 12.1 Å². The Morgan fingerprint density at radius 1 is 1.07 bits per heavy atom. The van der Waals surface area contributed by atoms with Crippen molar-refractivity contribution in [2.24, 2.45) is 0 Å². The van der Waals surface area contributed by atoms with E-state index in [1.165, 1.54) is 4.57 Å². The predicted octanol–water partition coefficient (Wildman–Crippen LogP) is 3.70. The predicted molar refractivity (Wildman–Crippen MR) is 167 cm³/mol. The lowest BCUT2D eigenvalue weighted by molar-refractivity contribution is -0.124. The Kier molecular flexibility index (Phi) is 10.5. The zero-order chi connectivity index (χ0) is 32.8.